The van der Waals surface area contributed by atoms with Crippen LogP contribution in [0.4, 0.5) is 5.69 Å². The van der Waals surface area contributed by atoms with Gasteiger partial charge in [-0.25, -0.2) is 8.42 Å². The first-order valence-electron chi connectivity index (χ1n) is 9.21. The fourth-order valence-electron chi connectivity index (χ4n) is 2.72. The zero-order valence-corrected chi connectivity index (χ0v) is 18.3. The molecule has 8 heteroatoms. The quantitative estimate of drug-likeness (QED) is 0.623. The molecule has 0 aliphatic rings. The number of nitrogens with zero attached hydrogens (tertiary/aromatic N) is 2. The number of sulfonamides is 1. The molecule has 0 saturated carbocycles. The molecule has 7 nitrogen and oxygen atoms in total. The predicted octanol–water partition coefficient (Wildman–Crippen LogP) is 2.91. The second-order valence-electron chi connectivity index (χ2n) is 7.03. The van der Waals surface area contributed by atoms with E-state index in [1.54, 1.807) is 38.4 Å². The molecule has 2 rings (SSSR count). The van der Waals surface area contributed by atoms with Crippen molar-refractivity contribution in [2.75, 3.05) is 31.3 Å². The van der Waals surface area contributed by atoms with Crippen LogP contribution in [0.3, 0.4) is 0 Å². The van der Waals surface area contributed by atoms with Gasteiger partial charge in [0, 0.05) is 19.7 Å². The maximum Gasteiger partial charge on any atom is 0.243 e. The van der Waals surface area contributed by atoms with E-state index in [0.717, 1.165) is 21.9 Å². The summed E-state index contributed by atoms with van der Waals surface area (Å²) in [5.74, 6) is 0.959. The molecular weight excluding hydrogens is 392 g/mol. The number of hydrogen-bond donors (Lipinski definition) is 0. The van der Waals surface area contributed by atoms with Crippen LogP contribution >= 0.6 is 0 Å². The second-order valence-corrected chi connectivity index (χ2v) is 8.94. The summed E-state index contributed by atoms with van der Waals surface area (Å²) in [6.07, 6.45) is 1.04. The maximum atomic E-state index is 12.7. The normalized spacial score (nSPS) is 11.2. The Hall–Kier alpha value is -2.74. The third-order valence-corrected chi connectivity index (χ3v) is 5.30. The largest absolute Gasteiger partial charge is 0.497 e. The number of ether oxygens (including phenoxy) is 2. The molecule has 1 amide bonds. The minimum atomic E-state index is -3.66. The van der Waals surface area contributed by atoms with Gasteiger partial charge in [0.15, 0.2) is 0 Å². The van der Waals surface area contributed by atoms with E-state index in [4.69, 9.17) is 9.47 Å². The van der Waals surface area contributed by atoms with Crippen LogP contribution in [0.1, 0.15) is 19.4 Å². The highest BCUT2D eigenvalue weighted by Crippen LogP contribution is 2.24. The molecule has 29 heavy (non-hydrogen) atoms. The van der Waals surface area contributed by atoms with E-state index in [-0.39, 0.29) is 18.6 Å². The van der Waals surface area contributed by atoms with Crippen LogP contribution in [0.2, 0.25) is 0 Å². The highest BCUT2D eigenvalue weighted by atomic mass is 32.2. The Bertz CT molecular complexity index is 926. The summed E-state index contributed by atoms with van der Waals surface area (Å²) in [4.78, 5) is 14.2. The van der Waals surface area contributed by atoms with E-state index in [1.165, 1.54) is 4.90 Å². The molecule has 0 saturated heterocycles. The van der Waals surface area contributed by atoms with Gasteiger partial charge >= 0.3 is 0 Å². The molecule has 0 radical (unpaired) electrons. The highest BCUT2D eigenvalue weighted by molar-refractivity contribution is 7.92. The smallest absolute Gasteiger partial charge is 0.243 e. The lowest BCUT2D eigenvalue weighted by Crippen LogP contribution is -2.41. The summed E-state index contributed by atoms with van der Waals surface area (Å²) in [5.41, 5.74) is 1.30. The maximum absolute atomic E-state index is 12.7. The van der Waals surface area contributed by atoms with E-state index < -0.39 is 10.0 Å². The summed E-state index contributed by atoms with van der Waals surface area (Å²) < 4.78 is 36.6. The Morgan fingerprint density at radius 1 is 1.07 bits per heavy atom. The minimum absolute atomic E-state index is 0.0470. The van der Waals surface area contributed by atoms with Crippen molar-refractivity contribution < 1.29 is 22.7 Å². The van der Waals surface area contributed by atoms with Crippen LogP contribution in [0.15, 0.2) is 48.5 Å². The second kappa shape index (κ2) is 9.65. The molecule has 0 bridgehead atoms. The molecule has 0 atom stereocenters. The Morgan fingerprint density at radius 3 is 2.28 bits per heavy atom. The topological polar surface area (TPSA) is 76.2 Å². The molecule has 0 aliphatic heterocycles. The Balaban J connectivity index is 2.16. The molecule has 0 aromatic heterocycles. The average Bonchev–Trinajstić information content (AvgIpc) is 2.65. The third kappa shape index (κ3) is 6.67. The molecule has 0 N–H and O–H groups in total. The summed E-state index contributed by atoms with van der Waals surface area (Å²) in [5, 5.41) is 0. The number of rotatable bonds is 9. The summed E-state index contributed by atoms with van der Waals surface area (Å²) in [6, 6.07) is 14.1. The van der Waals surface area contributed by atoms with Crippen LogP contribution in [0.5, 0.6) is 11.5 Å². The van der Waals surface area contributed by atoms with Crippen LogP contribution < -0.4 is 13.8 Å². The first-order valence-corrected chi connectivity index (χ1v) is 11.1. The van der Waals surface area contributed by atoms with Crippen LogP contribution in [0, 0.1) is 0 Å². The van der Waals surface area contributed by atoms with Gasteiger partial charge in [0.25, 0.3) is 0 Å². The Kier molecular flexibility index (Phi) is 7.50. The summed E-state index contributed by atoms with van der Waals surface area (Å²) >= 11 is 0. The minimum Gasteiger partial charge on any atom is -0.497 e. The van der Waals surface area contributed by atoms with E-state index in [9.17, 15) is 13.2 Å². The van der Waals surface area contributed by atoms with Gasteiger partial charge in [-0.3, -0.25) is 9.10 Å². The number of benzene rings is 2. The monoisotopic (exact) mass is 420 g/mol. The number of methoxy groups -OCH3 is 1. The fraction of sp³-hybridized carbons (Fsp3) is 0.381. The van der Waals surface area contributed by atoms with Gasteiger partial charge in [0.2, 0.25) is 15.9 Å². The number of anilines is 1. The van der Waals surface area contributed by atoms with Crippen molar-refractivity contribution in [3.8, 4) is 11.5 Å². The highest BCUT2D eigenvalue weighted by Gasteiger charge is 2.23. The van der Waals surface area contributed by atoms with Crippen molar-refractivity contribution in [2.45, 2.75) is 26.5 Å². The van der Waals surface area contributed by atoms with Gasteiger partial charge in [-0.05, 0) is 43.7 Å². The zero-order valence-electron chi connectivity index (χ0n) is 17.5. The van der Waals surface area contributed by atoms with Crippen molar-refractivity contribution >= 4 is 21.6 Å². The average molecular weight is 421 g/mol. The fourth-order valence-corrected chi connectivity index (χ4v) is 3.56. The van der Waals surface area contributed by atoms with E-state index in [2.05, 4.69) is 0 Å². The molecule has 0 aliphatic carbocycles. The SMILES string of the molecule is COc1ccc(CN(C)C(=O)CN(c2cccc(OC(C)C)c2)S(C)(=O)=O)cc1. The van der Waals surface area contributed by atoms with Gasteiger partial charge in [-0.15, -0.1) is 0 Å². The lowest BCUT2D eigenvalue weighted by molar-refractivity contribution is -0.128. The molecule has 0 fully saturated rings. The predicted molar refractivity (Wildman–Crippen MR) is 114 cm³/mol. The van der Waals surface area contributed by atoms with Crippen LogP contribution in [-0.2, 0) is 21.4 Å². The van der Waals surface area contributed by atoms with E-state index in [0.29, 0.717) is 18.0 Å². The number of hydrogen-bond acceptors (Lipinski definition) is 5. The van der Waals surface area contributed by atoms with Crippen molar-refractivity contribution in [2.24, 2.45) is 0 Å². The van der Waals surface area contributed by atoms with Gasteiger partial charge in [-0.1, -0.05) is 18.2 Å². The molecule has 2 aromatic rings. The first-order chi connectivity index (χ1) is 13.6. The number of likely N-dealkylation sites (N-methyl/N-ethyl adjacent to an activating group) is 1. The van der Waals surface area contributed by atoms with Gasteiger partial charge < -0.3 is 14.4 Å². The molecule has 2 aromatic carbocycles. The standard InChI is InChI=1S/C21H28N2O5S/c1-16(2)28-20-8-6-7-18(13-20)23(29(5,25)26)15-21(24)22(3)14-17-9-11-19(27-4)12-10-17/h6-13,16H,14-15H2,1-5H3. The van der Waals surface area contributed by atoms with Crippen molar-refractivity contribution in [3.05, 3.63) is 54.1 Å². The Morgan fingerprint density at radius 2 is 1.72 bits per heavy atom. The van der Waals surface area contributed by atoms with Gasteiger partial charge in [-0.2, -0.15) is 0 Å². The lowest BCUT2D eigenvalue weighted by atomic mass is 10.2. The number of carbonyl (C=O) groups excluding carboxylic acids is 1. The summed E-state index contributed by atoms with van der Waals surface area (Å²) in [6.45, 7) is 3.84. The van der Waals surface area contributed by atoms with Gasteiger partial charge in [0.05, 0.1) is 25.2 Å². The molecular formula is C21H28N2O5S. The third-order valence-electron chi connectivity index (χ3n) is 4.16. The van der Waals surface area contributed by atoms with Crippen molar-refractivity contribution in [1.82, 2.24) is 4.90 Å². The number of amides is 1. The number of carbonyl (C=O) groups is 1. The van der Waals surface area contributed by atoms with Gasteiger partial charge in [0.1, 0.15) is 18.0 Å². The molecule has 158 valence electrons. The summed E-state index contributed by atoms with van der Waals surface area (Å²) in [7, 11) is -0.427. The van der Waals surface area contributed by atoms with E-state index >= 15 is 0 Å². The van der Waals surface area contributed by atoms with Crippen LogP contribution in [0.25, 0.3) is 0 Å². The van der Waals surface area contributed by atoms with E-state index in [1.807, 2.05) is 38.1 Å². The molecule has 0 heterocycles. The van der Waals surface area contributed by atoms with Crippen molar-refractivity contribution in [3.63, 3.8) is 0 Å². The molecule has 0 spiro atoms. The van der Waals surface area contributed by atoms with Crippen LogP contribution in [-0.4, -0.2) is 52.3 Å². The lowest BCUT2D eigenvalue weighted by Gasteiger charge is -2.25. The Labute approximate surface area is 172 Å². The molecule has 0 unspecified atom stereocenters. The zero-order chi connectivity index (χ0) is 21.6. The first kappa shape index (κ1) is 22.5. The van der Waals surface area contributed by atoms with Crippen molar-refractivity contribution in [1.29, 1.82) is 0 Å².